The maximum Gasteiger partial charge on any atom is 0.124 e. The maximum absolute atomic E-state index is 5.70. The zero-order valence-electron chi connectivity index (χ0n) is 10.6. The maximum atomic E-state index is 5.70. The van der Waals surface area contributed by atoms with Crippen molar-refractivity contribution in [3.8, 4) is 10.6 Å². The van der Waals surface area contributed by atoms with Crippen molar-refractivity contribution >= 4 is 27.2 Å². The van der Waals surface area contributed by atoms with Gasteiger partial charge in [0.25, 0.3) is 0 Å². The summed E-state index contributed by atoms with van der Waals surface area (Å²) in [5.41, 5.74) is 9.77. The molecule has 0 bridgehead atoms. The van der Waals surface area contributed by atoms with Gasteiger partial charge in [0.1, 0.15) is 5.01 Å². The van der Waals surface area contributed by atoms with E-state index in [9.17, 15) is 0 Å². The summed E-state index contributed by atoms with van der Waals surface area (Å²) in [6.45, 7) is 0.630. The minimum Gasteiger partial charge on any atom is -0.399 e. The molecule has 0 aliphatic rings. The van der Waals surface area contributed by atoms with E-state index in [1.807, 2.05) is 30.3 Å². The van der Waals surface area contributed by atoms with Gasteiger partial charge in [-0.05, 0) is 42.0 Å². The van der Waals surface area contributed by atoms with Crippen molar-refractivity contribution in [3.63, 3.8) is 0 Å². The van der Waals surface area contributed by atoms with Gasteiger partial charge in [0, 0.05) is 18.4 Å². The third-order valence-electron chi connectivity index (χ3n) is 2.92. The molecule has 0 saturated carbocycles. The number of hydrogen-bond acceptors (Lipinski definition) is 4. The van der Waals surface area contributed by atoms with E-state index >= 15 is 0 Å². The van der Waals surface area contributed by atoms with Gasteiger partial charge in [0.05, 0.1) is 16.8 Å². The molecule has 0 amide bonds. The molecule has 1 aromatic heterocycles. The number of benzene rings is 2. The van der Waals surface area contributed by atoms with Gasteiger partial charge in [-0.25, -0.2) is 4.98 Å². The number of nitrogens with zero attached hydrogens (tertiary/aromatic N) is 1. The van der Waals surface area contributed by atoms with E-state index in [1.54, 1.807) is 18.4 Å². The Hall–Kier alpha value is -1.91. The summed E-state index contributed by atoms with van der Waals surface area (Å²) in [5.74, 6) is 0. The first-order valence-electron chi connectivity index (χ1n) is 6.00. The SMILES string of the molecule is COCc1ccc2nc(-c3ccc(N)cc3)sc2c1. The lowest BCUT2D eigenvalue weighted by Gasteiger charge is -1.97. The first-order chi connectivity index (χ1) is 9.26. The lowest BCUT2D eigenvalue weighted by molar-refractivity contribution is 0.185. The van der Waals surface area contributed by atoms with E-state index in [0.29, 0.717) is 6.61 Å². The van der Waals surface area contributed by atoms with Crippen LogP contribution in [0.25, 0.3) is 20.8 Å². The summed E-state index contributed by atoms with van der Waals surface area (Å²) in [6, 6.07) is 14.0. The number of nitrogens with two attached hydrogens (primary N) is 1. The van der Waals surface area contributed by atoms with E-state index in [2.05, 4.69) is 17.1 Å². The van der Waals surface area contributed by atoms with Crippen LogP contribution in [-0.2, 0) is 11.3 Å². The molecule has 0 radical (unpaired) electrons. The number of hydrogen-bond donors (Lipinski definition) is 1. The zero-order valence-corrected chi connectivity index (χ0v) is 11.4. The molecule has 1 heterocycles. The van der Waals surface area contributed by atoms with Crippen LogP contribution in [0.4, 0.5) is 5.69 Å². The number of methoxy groups -OCH3 is 1. The topological polar surface area (TPSA) is 48.1 Å². The van der Waals surface area contributed by atoms with Gasteiger partial charge in [-0.1, -0.05) is 6.07 Å². The van der Waals surface area contributed by atoms with Crippen molar-refractivity contribution in [2.24, 2.45) is 0 Å². The van der Waals surface area contributed by atoms with Gasteiger partial charge in [0.15, 0.2) is 0 Å². The lowest BCUT2D eigenvalue weighted by atomic mass is 10.2. The predicted molar refractivity (Wildman–Crippen MR) is 80.2 cm³/mol. The Morgan fingerprint density at radius 2 is 1.95 bits per heavy atom. The first-order valence-corrected chi connectivity index (χ1v) is 6.82. The summed E-state index contributed by atoms with van der Waals surface area (Å²) in [7, 11) is 1.71. The Balaban J connectivity index is 2.03. The van der Waals surface area contributed by atoms with Gasteiger partial charge in [-0.15, -0.1) is 11.3 Å². The summed E-state index contributed by atoms with van der Waals surface area (Å²) < 4.78 is 6.33. The second-order valence-electron chi connectivity index (χ2n) is 4.38. The number of thiazole rings is 1. The Kier molecular flexibility index (Phi) is 3.19. The molecule has 2 N–H and O–H groups in total. The molecule has 4 heteroatoms. The van der Waals surface area contributed by atoms with Crippen molar-refractivity contribution in [2.45, 2.75) is 6.61 Å². The number of anilines is 1. The summed E-state index contributed by atoms with van der Waals surface area (Å²) in [5, 5.41) is 1.02. The molecule has 0 saturated heterocycles. The molecule has 0 fully saturated rings. The van der Waals surface area contributed by atoms with Crippen LogP contribution in [0.2, 0.25) is 0 Å². The molecular formula is C15H14N2OS. The molecule has 19 heavy (non-hydrogen) atoms. The average molecular weight is 270 g/mol. The Labute approximate surface area is 115 Å². The summed E-state index contributed by atoms with van der Waals surface area (Å²) >= 11 is 1.69. The third-order valence-corrected chi connectivity index (χ3v) is 3.99. The second-order valence-corrected chi connectivity index (χ2v) is 5.41. The Bertz CT molecular complexity index is 704. The van der Waals surface area contributed by atoms with Gasteiger partial charge < -0.3 is 10.5 Å². The predicted octanol–water partition coefficient (Wildman–Crippen LogP) is 3.69. The standard InChI is InChI=1S/C15H14N2OS/c1-18-9-10-2-7-13-14(8-10)19-15(17-13)11-3-5-12(16)6-4-11/h2-8H,9,16H2,1H3. The van der Waals surface area contributed by atoms with Gasteiger partial charge in [-0.3, -0.25) is 0 Å². The highest BCUT2D eigenvalue weighted by Crippen LogP contribution is 2.31. The van der Waals surface area contributed by atoms with Crippen LogP contribution in [-0.4, -0.2) is 12.1 Å². The van der Waals surface area contributed by atoms with Gasteiger partial charge >= 0.3 is 0 Å². The van der Waals surface area contributed by atoms with Gasteiger partial charge in [-0.2, -0.15) is 0 Å². The van der Waals surface area contributed by atoms with Gasteiger partial charge in [0.2, 0.25) is 0 Å². The fourth-order valence-corrected chi connectivity index (χ4v) is 3.01. The third kappa shape index (κ3) is 2.45. The average Bonchev–Trinajstić information content (AvgIpc) is 2.83. The molecule has 3 aromatic rings. The molecule has 2 aromatic carbocycles. The Morgan fingerprint density at radius 1 is 1.16 bits per heavy atom. The molecule has 0 atom stereocenters. The molecule has 3 rings (SSSR count). The van der Waals surface area contributed by atoms with Crippen molar-refractivity contribution in [3.05, 3.63) is 48.0 Å². The van der Waals surface area contributed by atoms with Crippen LogP contribution < -0.4 is 5.73 Å². The van der Waals surface area contributed by atoms with Crippen molar-refractivity contribution in [1.82, 2.24) is 4.98 Å². The lowest BCUT2D eigenvalue weighted by Crippen LogP contribution is -1.85. The molecule has 0 aliphatic heterocycles. The number of rotatable bonds is 3. The first kappa shape index (κ1) is 12.1. The number of fused-ring (bicyclic) bond motifs is 1. The Morgan fingerprint density at radius 3 is 2.68 bits per heavy atom. The zero-order chi connectivity index (χ0) is 13.2. The monoisotopic (exact) mass is 270 g/mol. The number of ether oxygens (including phenoxy) is 1. The van der Waals surface area contributed by atoms with Crippen LogP contribution in [0, 0.1) is 0 Å². The molecular weight excluding hydrogens is 256 g/mol. The fourth-order valence-electron chi connectivity index (χ4n) is 1.97. The smallest absolute Gasteiger partial charge is 0.124 e. The minimum absolute atomic E-state index is 0.630. The highest BCUT2D eigenvalue weighted by molar-refractivity contribution is 7.21. The van der Waals surface area contributed by atoms with Crippen molar-refractivity contribution in [1.29, 1.82) is 0 Å². The molecule has 96 valence electrons. The van der Waals surface area contributed by atoms with Crippen molar-refractivity contribution in [2.75, 3.05) is 12.8 Å². The normalized spacial score (nSPS) is 11.0. The molecule has 3 nitrogen and oxygen atoms in total. The van der Waals surface area contributed by atoms with E-state index in [1.165, 1.54) is 10.3 Å². The van der Waals surface area contributed by atoms with Crippen LogP contribution in [0.15, 0.2) is 42.5 Å². The molecule has 0 unspecified atom stereocenters. The quantitative estimate of drug-likeness (QED) is 0.738. The summed E-state index contributed by atoms with van der Waals surface area (Å²) in [6.07, 6.45) is 0. The van der Waals surface area contributed by atoms with E-state index in [-0.39, 0.29) is 0 Å². The van der Waals surface area contributed by atoms with E-state index in [0.717, 1.165) is 21.8 Å². The van der Waals surface area contributed by atoms with Crippen LogP contribution in [0.3, 0.4) is 0 Å². The van der Waals surface area contributed by atoms with E-state index < -0.39 is 0 Å². The fraction of sp³-hybridized carbons (Fsp3) is 0.133. The largest absolute Gasteiger partial charge is 0.399 e. The highest BCUT2D eigenvalue weighted by atomic mass is 32.1. The second kappa shape index (κ2) is 4.99. The van der Waals surface area contributed by atoms with Crippen LogP contribution in [0.5, 0.6) is 0 Å². The van der Waals surface area contributed by atoms with E-state index in [4.69, 9.17) is 10.5 Å². The highest BCUT2D eigenvalue weighted by Gasteiger charge is 2.06. The molecule has 0 aliphatic carbocycles. The van der Waals surface area contributed by atoms with Crippen LogP contribution >= 0.6 is 11.3 Å². The number of nitrogen functional groups attached to an aromatic ring is 1. The minimum atomic E-state index is 0.630. The molecule has 0 spiro atoms. The van der Waals surface area contributed by atoms with Crippen LogP contribution in [0.1, 0.15) is 5.56 Å². The summed E-state index contributed by atoms with van der Waals surface area (Å²) in [4.78, 5) is 4.65. The number of aromatic nitrogens is 1. The van der Waals surface area contributed by atoms with Crippen molar-refractivity contribution < 1.29 is 4.74 Å².